The Balaban J connectivity index is 3.84. The number of aliphatic carboxylic acids is 1. The number of unbranched alkanes of at least 4 members (excludes halogenated alkanes) is 2. The molecule has 2 amide bonds. The molecule has 0 aromatic heterocycles. The van der Waals surface area contributed by atoms with Gasteiger partial charge in [0.15, 0.2) is 0 Å². The number of carboxylic acid groups (broad SMARTS) is 1. The lowest BCUT2D eigenvalue weighted by Gasteiger charge is -2.18. The summed E-state index contributed by atoms with van der Waals surface area (Å²) >= 11 is 0. The normalized spacial score (nSPS) is 11.6. The van der Waals surface area contributed by atoms with Crippen LogP contribution in [0, 0.1) is 18.3 Å². The molecule has 0 aromatic rings. The Bertz CT molecular complexity index is 295. The lowest BCUT2D eigenvalue weighted by atomic mass is 10.1. The predicted octanol–water partition coefficient (Wildman–Crippen LogP) is 1.20. The topological polar surface area (TPSA) is 78.4 Å². The monoisotopic (exact) mass is 240 g/mol. The van der Waals surface area contributed by atoms with Gasteiger partial charge in [-0.3, -0.25) is 0 Å². The lowest BCUT2D eigenvalue weighted by molar-refractivity contribution is -0.140. The second-order valence-corrected chi connectivity index (χ2v) is 4.12. The van der Waals surface area contributed by atoms with Gasteiger partial charge in [0.05, 0.1) is 0 Å². The van der Waals surface area contributed by atoms with Crippen molar-refractivity contribution >= 4 is 12.0 Å². The van der Waals surface area contributed by atoms with Crippen LogP contribution >= 0.6 is 0 Å². The van der Waals surface area contributed by atoms with E-state index in [4.69, 9.17) is 11.5 Å². The molecule has 0 aliphatic rings. The Hall–Kier alpha value is -1.70. The maximum atomic E-state index is 11.4. The third-order valence-electron chi connectivity index (χ3n) is 2.25. The van der Waals surface area contributed by atoms with E-state index in [0.29, 0.717) is 13.0 Å². The van der Waals surface area contributed by atoms with Crippen LogP contribution in [0.15, 0.2) is 0 Å². The van der Waals surface area contributed by atoms with Crippen molar-refractivity contribution in [3.63, 3.8) is 0 Å². The van der Waals surface area contributed by atoms with Gasteiger partial charge in [0.25, 0.3) is 0 Å². The van der Waals surface area contributed by atoms with Gasteiger partial charge in [0.1, 0.15) is 6.04 Å². The Morgan fingerprint density at radius 2 is 2.00 bits per heavy atom. The van der Waals surface area contributed by atoms with Gasteiger partial charge in [0.2, 0.25) is 0 Å². The molecule has 0 unspecified atom stereocenters. The van der Waals surface area contributed by atoms with Gasteiger partial charge in [-0.1, -0.05) is 13.8 Å². The Kier molecular flexibility index (Phi) is 7.61. The van der Waals surface area contributed by atoms with Crippen LogP contribution in [-0.4, -0.2) is 29.7 Å². The van der Waals surface area contributed by atoms with Gasteiger partial charge in [-0.05, 0) is 18.8 Å². The zero-order chi connectivity index (χ0) is 13.3. The first-order chi connectivity index (χ1) is 7.99. The molecule has 17 heavy (non-hydrogen) atoms. The first kappa shape index (κ1) is 15.3. The van der Waals surface area contributed by atoms with E-state index in [1.807, 2.05) is 0 Å². The summed E-state index contributed by atoms with van der Waals surface area (Å²) in [6.45, 7) is 3.98. The van der Waals surface area contributed by atoms with Crippen molar-refractivity contribution in [1.29, 1.82) is 0 Å². The Morgan fingerprint density at radius 3 is 2.47 bits per heavy atom. The van der Waals surface area contributed by atoms with Crippen LogP contribution in [-0.2, 0) is 4.79 Å². The zero-order valence-electron chi connectivity index (χ0n) is 10.3. The molecular formula is C12H20N2O3. The number of carboxylic acids is 1. The lowest BCUT2D eigenvalue weighted by Crippen LogP contribution is -2.48. The summed E-state index contributed by atoms with van der Waals surface area (Å²) in [5.41, 5.74) is 0. The van der Waals surface area contributed by atoms with Crippen LogP contribution < -0.4 is 10.6 Å². The van der Waals surface area contributed by atoms with Gasteiger partial charge < -0.3 is 15.7 Å². The summed E-state index contributed by atoms with van der Waals surface area (Å²) in [6, 6.07) is -1.31. The number of hydrogen-bond acceptors (Lipinski definition) is 2. The SMILES string of the molecule is C#CCCCCNC(=O)N[C@H](C(=O)O)C(C)C. The number of amides is 2. The van der Waals surface area contributed by atoms with Crippen LogP contribution in [0.3, 0.4) is 0 Å². The fourth-order valence-corrected chi connectivity index (χ4v) is 1.26. The summed E-state index contributed by atoms with van der Waals surface area (Å²) in [5, 5.41) is 13.9. The fourth-order valence-electron chi connectivity index (χ4n) is 1.26. The number of hydrogen-bond donors (Lipinski definition) is 3. The molecule has 0 saturated heterocycles. The molecule has 1 atom stereocenters. The second-order valence-electron chi connectivity index (χ2n) is 4.12. The third-order valence-corrected chi connectivity index (χ3v) is 2.25. The van der Waals surface area contributed by atoms with Crippen LogP contribution in [0.25, 0.3) is 0 Å². The summed E-state index contributed by atoms with van der Waals surface area (Å²) in [5.74, 6) is 1.33. The number of carbonyl (C=O) groups is 2. The molecule has 5 nitrogen and oxygen atoms in total. The highest BCUT2D eigenvalue weighted by Gasteiger charge is 2.22. The molecule has 5 heteroatoms. The molecule has 0 radical (unpaired) electrons. The van der Waals surface area contributed by atoms with Crippen LogP contribution in [0.1, 0.15) is 33.1 Å². The van der Waals surface area contributed by atoms with E-state index in [-0.39, 0.29) is 5.92 Å². The standard InChI is InChI=1S/C12H20N2O3/c1-4-5-6-7-8-13-12(17)14-10(9(2)3)11(15)16/h1,9-10H,5-8H2,2-3H3,(H,15,16)(H2,13,14,17)/t10-/m0/s1. The van der Waals surface area contributed by atoms with E-state index in [9.17, 15) is 9.59 Å². The first-order valence-corrected chi connectivity index (χ1v) is 5.69. The van der Waals surface area contributed by atoms with Crippen molar-refractivity contribution in [1.82, 2.24) is 10.6 Å². The van der Waals surface area contributed by atoms with Crippen LogP contribution in [0.2, 0.25) is 0 Å². The van der Waals surface area contributed by atoms with Crippen LogP contribution in [0.5, 0.6) is 0 Å². The molecule has 0 spiro atoms. The summed E-state index contributed by atoms with van der Waals surface area (Å²) in [6.07, 6.45) is 7.41. The molecule has 0 aromatic carbocycles. The molecular weight excluding hydrogens is 220 g/mol. The van der Waals surface area contributed by atoms with Crippen molar-refractivity contribution in [2.24, 2.45) is 5.92 Å². The molecule has 0 heterocycles. The average molecular weight is 240 g/mol. The third kappa shape index (κ3) is 7.23. The molecule has 0 saturated carbocycles. The fraction of sp³-hybridized carbons (Fsp3) is 0.667. The number of carbonyl (C=O) groups excluding carboxylic acids is 1. The van der Waals surface area contributed by atoms with Crippen molar-refractivity contribution in [3.8, 4) is 12.3 Å². The molecule has 0 bridgehead atoms. The summed E-state index contributed by atoms with van der Waals surface area (Å²) in [4.78, 5) is 22.2. The van der Waals surface area contributed by atoms with E-state index >= 15 is 0 Å². The summed E-state index contributed by atoms with van der Waals surface area (Å²) < 4.78 is 0. The van der Waals surface area contributed by atoms with E-state index in [0.717, 1.165) is 12.8 Å². The van der Waals surface area contributed by atoms with Gasteiger partial charge in [-0.2, -0.15) is 0 Å². The van der Waals surface area contributed by atoms with Gasteiger partial charge in [-0.25, -0.2) is 9.59 Å². The van der Waals surface area contributed by atoms with Crippen LogP contribution in [0.4, 0.5) is 4.79 Å². The Labute approximate surface area is 102 Å². The predicted molar refractivity (Wildman–Crippen MR) is 65.5 cm³/mol. The highest BCUT2D eigenvalue weighted by molar-refractivity contribution is 5.82. The smallest absolute Gasteiger partial charge is 0.326 e. The average Bonchev–Trinajstić information content (AvgIpc) is 2.24. The maximum absolute atomic E-state index is 11.4. The van der Waals surface area contributed by atoms with Crippen molar-refractivity contribution in [2.45, 2.75) is 39.2 Å². The molecule has 96 valence electrons. The van der Waals surface area contributed by atoms with Crippen molar-refractivity contribution in [3.05, 3.63) is 0 Å². The van der Waals surface area contributed by atoms with Gasteiger partial charge >= 0.3 is 12.0 Å². The van der Waals surface area contributed by atoms with E-state index in [1.165, 1.54) is 0 Å². The second kappa shape index (κ2) is 8.45. The molecule has 0 aliphatic heterocycles. The quantitative estimate of drug-likeness (QED) is 0.462. The maximum Gasteiger partial charge on any atom is 0.326 e. The molecule has 3 N–H and O–H groups in total. The van der Waals surface area contributed by atoms with Crippen molar-refractivity contribution in [2.75, 3.05) is 6.54 Å². The first-order valence-electron chi connectivity index (χ1n) is 5.69. The van der Waals surface area contributed by atoms with Gasteiger partial charge in [-0.15, -0.1) is 12.3 Å². The van der Waals surface area contributed by atoms with Gasteiger partial charge in [0, 0.05) is 13.0 Å². The Morgan fingerprint density at radius 1 is 1.35 bits per heavy atom. The highest BCUT2D eigenvalue weighted by Crippen LogP contribution is 2.01. The van der Waals surface area contributed by atoms with E-state index in [2.05, 4.69) is 16.6 Å². The molecule has 0 aliphatic carbocycles. The number of urea groups is 1. The van der Waals surface area contributed by atoms with E-state index in [1.54, 1.807) is 13.8 Å². The highest BCUT2D eigenvalue weighted by atomic mass is 16.4. The minimum absolute atomic E-state index is 0.153. The largest absolute Gasteiger partial charge is 0.480 e. The minimum Gasteiger partial charge on any atom is -0.480 e. The summed E-state index contributed by atoms with van der Waals surface area (Å²) in [7, 11) is 0. The van der Waals surface area contributed by atoms with Crippen molar-refractivity contribution < 1.29 is 14.7 Å². The molecule has 0 fully saturated rings. The number of nitrogens with one attached hydrogen (secondary N) is 2. The number of rotatable bonds is 7. The molecule has 0 rings (SSSR count). The zero-order valence-corrected chi connectivity index (χ0v) is 10.3. The minimum atomic E-state index is -1.03. The number of terminal acetylenes is 1. The van der Waals surface area contributed by atoms with E-state index < -0.39 is 18.0 Å².